The van der Waals surface area contributed by atoms with Crippen LogP contribution in [0.5, 0.6) is 17.2 Å². The van der Waals surface area contributed by atoms with Crippen LogP contribution in [0, 0.1) is 5.92 Å². The summed E-state index contributed by atoms with van der Waals surface area (Å²) >= 11 is 0. The van der Waals surface area contributed by atoms with Crippen LogP contribution in [0.2, 0.25) is 0 Å². The molecule has 0 spiro atoms. The smallest absolute Gasteiger partial charge is 0.493 e. The quantitative estimate of drug-likeness (QED) is 0.178. The largest absolute Gasteiger partial charge is 0.573 e. The van der Waals surface area contributed by atoms with Crippen molar-refractivity contribution in [1.82, 2.24) is 4.90 Å². The normalized spacial score (nSPS) is 13.6. The van der Waals surface area contributed by atoms with Crippen molar-refractivity contribution in [2.75, 3.05) is 33.9 Å². The van der Waals surface area contributed by atoms with Gasteiger partial charge in [-0.05, 0) is 79.3 Å². The van der Waals surface area contributed by atoms with Gasteiger partial charge in [0.2, 0.25) is 0 Å². The van der Waals surface area contributed by atoms with Crippen molar-refractivity contribution >= 4 is 17.8 Å². The van der Waals surface area contributed by atoms with E-state index in [2.05, 4.69) is 4.74 Å². The maximum atomic E-state index is 13.4. The maximum absolute atomic E-state index is 13.4. The topological polar surface area (TPSA) is 101 Å². The number of ether oxygens (including phenoxy) is 5. The van der Waals surface area contributed by atoms with Crippen LogP contribution in [0.15, 0.2) is 66.7 Å². The van der Waals surface area contributed by atoms with Crippen molar-refractivity contribution in [3.8, 4) is 17.2 Å². The molecule has 0 atom stereocenters. The van der Waals surface area contributed by atoms with E-state index in [0.717, 1.165) is 5.56 Å². The molecular formula is C33H34F3NO8. The number of benzene rings is 3. The summed E-state index contributed by atoms with van der Waals surface area (Å²) in [5.74, 6) is -0.731. The van der Waals surface area contributed by atoms with Gasteiger partial charge in [-0.3, -0.25) is 9.59 Å². The van der Waals surface area contributed by atoms with Gasteiger partial charge in [-0.15, -0.1) is 13.2 Å². The SMILES string of the molecule is COC(=O)c1ccc(OCCCc2ccc(OCc3ccc(OC(F)(F)F)cc3)cc2)c(C(=O)N2CCC(C(=O)OC)CC2)c1. The van der Waals surface area contributed by atoms with E-state index in [4.69, 9.17) is 18.9 Å². The number of esters is 2. The molecule has 4 rings (SSSR count). The molecule has 0 bridgehead atoms. The maximum Gasteiger partial charge on any atom is 0.573 e. The minimum absolute atomic E-state index is 0.179. The number of piperidine rings is 1. The molecule has 12 heteroatoms. The third kappa shape index (κ3) is 9.62. The van der Waals surface area contributed by atoms with Crippen LogP contribution in [0.25, 0.3) is 0 Å². The summed E-state index contributed by atoms with van der Waals surface area (Å²) in [7, 11) is 2.62. The second-order valence-corrected chi connectivity index (χ2v) is 10.4. The predicted molar refractivity (Wildman–Crippen MR) is 156 cm³/mol. The fourth-order valence-electron chi connectivity index (χ4n) is 4.89. The molecular weight excluding hydrogens is 595 g/mol. The highest BCUT2D eigenvalue weighted by Crippen LogP contribution is 2.27. The third-order valence-electron chi connectivity index (χ3n) is 7.30. The molecule has 3 aromatic carbocycles. The van der Waals surface area contributed by atoms with E-state index in [9.17, 15) is 27.6 Å². The van der Waals surface area contributed by atoms with E-state index >= 15 is 0 Å². The highest BCUT2D eigenvalue weighted by molar-refractivity contribution is 6.00. The predicted octanol–water partition coefficient (Wildman–Crippen LogP) is 5.99. The number of alkyl halides is 3. The first kappa shape index (κ1) is 33.2. The van der Waals surface area contributed by atoms with E-state index in [1.165, 1.54) is 44.6 Å². The summed E-state index contributed by atoms with van der Waals surface area (Å²) in [5, 5.41) is 0. The van der Waals surface area contributed by atoms with Gasteiger partial charge in [-0.25, -0.2) is 4.79 Å². The number of nitrogens with zero attached hydrogens (tertiary/aromatic N) is 1. The van der Waals surface area contributed by atoms with E-state index in [1.807, 2.05) is 24.3 Å². The molecule has 240 valence electrons. The lowest BCUT2D eigenvalue weighted by atomic mass is 9.96. The first-order valence-electron chi connectivity index (χ1n) is 14.3. The van der Waals surface area contributed by atoms with Crippen molar-refractivity contribution in [2.45, 2.75) is 38.7 Å². The summed E-state index contributed by atoms with van der Waals surface area (Å²) in [6.07, 6.45) is -2.43. The average Bonchev–Trinajstić information content (AvgIpc) is 3.05. The van der Waals surface area contributed by atoms with Gasteiger partial charge in [0.25, 0.3) is 5.91 Å². The molecule has 1 amide bonds. The summed E-state index contributed by atoms with van der Waals surface area (Å²) in [5.41, 5.74) is 2.20. The Bertz CT molecular complexity index is 1450. The second kappa shape index (κ2) is 15.3. The second-order valence-electron chi connectivity index (χ2n) is 10.4. The lowest BCUT2D eigenvalue weighted by Crippen LogP contribution is -2.40. The van der Waals surface area contributed by atoms with Crippen LogP contribution in [-0.2, 0) is 27.3 Å². The van der Waals surface area contributed by atoms with Crippen molar-refractivity contribution in [2.24, 2.45) is 5.92 Å². The van der Waals surface area contributed by atoms with Gasteiger partial charge in [0, 0.05) is 13.1 Å². The fourth-order valence-corrected chi connectivity index (χ4v) is 4.89. The lowest BCUT2D eigenvalue weighted by molar-refractivity contribution is -0.274. The number of rotatable bonds is 12. The number of carbonyl (C=O) groups excluding carboxylic acids is 3. The van der Waals surface area contributed by atoms with Gasteiger partial charge in [0.15, 0.2) is 0 Å². The molecule has 0 N–H and O–H groups in total. The zero-order chi connectivity index (χ0) is 32.4. The van der Waals surface area contributed by atoms with Gasteiger partial charge in [0.1, 0.15) is 23.9 Å². The summed E-state index contributed by atoms with van der Waals surface area (Å²) in [6.45, 7) is 1.25. The van der Waals surface area contributed by atoms with Crippen LogP contribution in [0.4, 0.5) is 13.2 Å². The number of halogens is 3. The molecule has 0 aromatic heterocycles. The highest BCUT2D eigenvalue weighted by atomic mass is 19.4. The molecule has 1 heterocycles. The van der Waals surface area contributed by atoms with Gasteiger partial charge < -0.3 is 28.6 Å². The van der Waals surface area contributed by atoms with Crippen molar-refractivity contribution in [1.29, 1.82) is 0 Å². The molecule has 0 radical (unpaired) electrons. The average molecular weight is 630 g/mol. The number of methoxy groups -OCH3 is 2. The first-order valence-corrected chi connectivity index (χ1v) is 14.3. The van der Waals surface area contributed by atoms with E-state index in [0.29, 0.717) is 62.4 Å². The van der Waals surface area contributed by atoms with E-state index < -0.39 is 12.3 Å². The van der Waals surface area contributed by atoms with Crippen molar-refractivity contribution < 1.29 is 51.2 Å². The van der Waals surface area contributed by atoms with Gasteiger partial charge in [-0.1, -0.05) is 24.3 Å². The zero-order valence-corrected chi connectivity index (χ0v) is 24.9. The van der Waals surface area contributed by atoms with Crippen LogP contribution in [0.1, 0.15) is 51.1 Å². The molecule has 1 fully saturated rings. The number of carbonyl (C=O) groups is 3. The minimum Gasteiger partial charge on any atom is -0.493 e. The van der Waals surface area contributed by atoms with Gasteiger partial charge in [-0.2, -0.15) is 0 Å². The Hall–Kier alpha value is -4.74. The Morgan fingerprint density at radius 3 is 2.09 bits per heavy atom. The Balaban J connectivity index is 1.29. The molecule has 1 aliphatic rings. The van der Waals surface area contributed by atoms with Crippen molar-refractivity contribution in [3.05, 3.63) is 89.0 Å². The molecule has 45 heavy (non-hydrogen) atoms. The van der Waals surface area contributed by atoms with Crippen LogP contribution >= 0.6 is 0 Å². The van der Waals surface area contributed by atoms with E-state index in [-0.39, 0.29) is 41.3 Å². The minimum atomic E-state index is -4.74. The Morgan fingerprint density at radius 1 is 0.822 bits per heavy atom. The van der Waals surface area contributed by atoms with E-state index in [1.54, 1.807) is 17.0 Å². The molecule has 9 nitrogen and oxygen atoms in total. The Labute approximate surface area is 258 Å². The number of hydrogen-bond donors (Lipinski definition) is 0. The van der Waals surface area contributed by atoms with Crippen LogP contribution in [0.3, 0.4) is 0 Å². The summed E-state index contributed by atoms with van der Waals surface area (Å²) in [6, 6.07) is 17.5. The number of likely N-dealkylation sites (tertiary alicyclic amines) is 1. The van der Waals surface area contributed by atoms with Gasteiger partial charge in [0.05, 0.1) is 37.9 Å². The summed E-state index contributed by atoms with van der Waals surface area (Å²) < 4.78 is 62.2. The monoisotopic (exact) mass is 629 g/mol. The standard InChI is InChI=1S/C33H34F3NO8/c1-41-31(39)24-15-17-37(18-16-24)30(38)28-20-25(32(40)42-2)9-14-29(28)43-19-3-4-22-5-10-26(11-6-22)44-21-23-7-12-27(13-8-23)45-33(34,35)36/h5-14,20,24H,3-4,15-19,21H2,1-2H3. The molecule has 0 saturated carbocycles. The third-order valence-corrected chi connectivity index (χ3v) is 7.30. The molecule has 1 aliphatic heterocycles. The lowest BCUT2D eigenvalue weighted by Gasteiger charge is -2.31. The highest BCUT2D eigenvalue weighted by Gasteiger charge is 2.31. The van der Waals surface area contributed by atoms with Crippen molar-refractivity contribution in [3.63, 3.8) is 0 Å². The zero-order valence-electron chi connectivity index (χ0n) is 24.9. The number of hydrogen-bond acceptors (Lipinski definition) is 8. The molecule has 0 aliphatic carbocycles. The van der Waals surface area contributed by atoms with Crippen LogP contribution in [-0.4, -0.2) is 63.0 Å². The molecule has 3 aromatic rings. The first-order chi connectivity index (χ1) is 21.6. The van der Waals surface area contributed by atoms with Gasteiger partial charge >= 0.3 is 18.3 Å². The Morgan fingerprint density at radius 2 is 1.47 bits per heavy atom. The molecule has 0 unspecified atom stereocenters. The number of amides is 1. The summed E-state index contributed by atoms with van der Waals surface area (Å²) in [4.78, 5) is 39.1. The number of aryl methyl sites for hydroxylation is 1. The Kier molecular flexibility index (Phi) is 11.3. The fraction of sp³-hybridized carbons (Fsp3) is 0.364. The van der Waals surface area contributed by atoms with Crippen LogP contribution < -0.4 is 14.2 Å². The molecule has 1 saturated heterocycles.